The predicted molar refractivity (Wildman–Crippen MR) is 77.5 cm³/mol. The first kappa shape index (κ1) is 13.6. The number of aromatic nitrogens is 2. The molecule has 4 nitrogen and oxygen atoms in total. The number of nitrogens with one attached hydrogen (secondary N) is 2. The Kier molecular flexibility index (Phi) is 4.79. The van der Waals surface area contributed by atoms with Gasteiger partial charge in [-0.15, -0.1) is 0 Å². The third kappa shape index (κ3) is 3.34. The van der Waals surface area contributed by atoms with Crippen molar-refractivity contribution in [2.75, 3.05) is 7.11 Å². The first-order valence-electron chi connectivity index (χ1n) is 5.41. The molecule has 18 heavy (non-hydrogen) atoms. The Hall–Kier alpha value is -0.850. The van der Waals surface area contributed by atoms with E-state index in [1.54, 1.807) is 7.11 Å². The topological polar surface area (TPSA) is 49.9 Å². The molecule has 0 aliphatic rings. The van der Waals surface area contributed by atoms with E-state index >= 15 is 0 Å². The molecule has 0 unspecified atom stereocenters. The van der Waals surface area contributed by atoms with Gasteiger partial charge in [-0.1, -0.05) is 0 Å². The molecule has 2 rings (SSSR count). The van der Waals surface area contributed by atoms with Crippen LogP contribution in [0.3, 0.4) is 0 Å². The Morgan fingerprint density at radius 2 is 1.89 bits per heavy atom. The molecule has 0 spiro atoms. The van der Waals surface area contributed by atoms with E-state index in [2.05, 4.69) is 47.4 Å². The van der Waals surface area contributed by atoms with Gasteiger partial charge in [-0.3, -0.25) is 5.10 Å². The summed E-state index contributed by atoms with van der Waals surface area (Å²) in [6.07, 6.45) is 3.69. The third-order valence-corrected chi connectivity index (χ3v) is 3.65. The van der Waals surface area contributed by atoms with E-state index in [-0.39, 0.29) is 0 Å². The highest BCUT2D eigenvalue weighted by atomic mass is 79.9. The van der Waals surface area contributed by atoms with Gasteiger partial charge in [-0.2, -0.15) is 5.10 Å². The number of hydrogen-bond acceptors (Lipinski definition) is 3. The number of H-pyrrole nitrogens is 1. The summed E-state index contributed by atoms with van der Waals surface area (Å²) in [7, 11) is 1.65. The van der Waals surface area contributed by atoms with Crippen LogP contribution >= 0.6 is 31.9 Å². The summed E-state index contributed by atoms with van der Waals surface area (Å²) in [6.45, 7) is 1.57. The molecule has 0 amide bonds. The van der Waals surface area contributed by atoms with Crippen LogP contribution in [-0.4, -0.2) is 17.3 Å². The normalized spacial score (nSPS) is 10.6. The second-order valence-electron chi connectivity index (χ2n) is 3.80. The number of halogens is 2. The predicted octanol–water partition coefficient (Wildman–Crippen LogP) is 3.23. The molecule has 6 heteroatoms. The molecule has 0 aliphatic heterocycles. The average molecular weight is 375 g/mol. The van der Waals surface area contributed by atoms with E-state index in [0.717, 1.165) is 33.3 Å². The molecule has 0 saturated heterocycles. The Morgan fingerprint density at radius 3 is 2.44 bits per heavy atom. The van der Waals surface area contributed by atoms with Crippen LogP contribution in [0.4, 0.5) is 0 Å². The van der Waals surface area contributed by atoms with Crippen molar-refractivity contribution in [3.05, 3.63) is 44.6 Å². The van der Waals surface area contributed by atoms with Crippen molar-refractivity contribution < 1.29 is 4.74 Å². The molecular formula is C12H13Br2N3O. The molecule has 0 aliphatic carbocycles. The summed E-state index contributed by atoms with van der Waals surface area (Å²) in [4.78, 5) is 0. The minimum Gasteiger partial charge on any atom is -0.494 e. The number of ether oxygens (including phenoxy) is 1. The van der Waals surface area contributed by atoms with Gasteiger partial charge in [0.2, 0.25) is 0 Å². The fraction of sp³-hybridized carbons (Fsp3) is 0.250. The van der Waals surface area contributed by atoms with Crippen LogP contribution in [0.25, 0.3) is 0 Å². The van der Waals surface area contributed by atoms with E-state index in [1.165, 1.54) is 5.56 Å². The third-order valence-electron chi connectivity index (χ3n) is 2.48. The molecule has 96 valence electrons. The van der Waals surface area contributed by atoms with E-state index in [9.17, 15) is 0 Å². The summed E-state index contributed by atoms with van der Waals surface area (Å²) >= 11 is 6.98. The first-order valence-corrected chi connectivity index (χ1v) is 6.99. The molecule has 0 fully saturated rings. The average Bonchev–Trinajstić information content (AvgIpc) is 2.82. The molecule has 1 heterocycles. The molecule has 0 radical (unpaired) electrons. The lowest BCUT2D eigenvalue weighted by atomic mass is 10.2. The SMILES string of the molecule is COc1c(Br)cc(CNCc2cn[nH]c2)cc1Br. The monoisotopic (exact) mass is 373 g/mol. The quantitative estimate of drug-likeness (QED) is 0.844. The molecule has 0 atom stereocenters. The molecule has 1 aromatic heterocycles. The highest BCUT2D eigenvalue weighted by molar-refractivity contribution is 9.11. The van der Waals surface area contributed by atoms with E-state index in [1.807, 2.05) is 24.5 Å². The van der Waals surface area contributed by atoms with Gasteiger partial charge in [0.15, 0.2) is 0 Å². The summed E-state index contributed by atoms with van der Waals surface area (Å²) in [5.41, 5.74) is 2.32. The van der Waals surface area contributed by atoms with Crippen molar-refractivity contribution in [3.63, 3.8) is 0 Å². The molecular weight excluding hydrogens is 362 g/mol. The Bertz CT molecular complexity index is 491. The maximum atomic E-state index is 5.27. The van der Waals surface area contributed by atoms with E-state index < -0.39 is 0 Å². The summed E-state index contributed by atoms with van der Waals surface area (Å²) in [5.74, 6) is 0.814. The zero-order valence-corrected chi connectivity index (χ0v) is 13.0. The van der Waals surface area contributed by atoms with Crippen LogP contribution in [0.1, 0.15) is 11.1 Å². The Labute approximate surface area is 122 Å². The van der Waals surface area contributed by atoms with Gasteiger partial charge in [-0.25, -0.2) is 0 Å². The van der Waals surface area contributed by atoms with Gasteiger partial charge >= 0.3 is 0 Å². The smallest absolute Gasteiger partial charge is 0.147 e. The number of nitrogens with zero attached hydrogens (tertiary/aromatic N) is 1. The van der Waals surface area contributed by atoms with Crippen LogP contribution < -0.4 is 10.1 Å². The second-order valence-corrected chi connectivity index (χ2v) is 5.51. The number of rotatable bonds is 5. The minimum absolute atomic E-state index is 0.784. The first-order chi connectivity index (χ1) is 8.70. The van der Waals surface area contributed by atoms with Gasteiger partial charge in [0.25, 0.3) is 0 Å². The summed E-state index contributed by atoms with van der Waals surface area (Å²) in [6, 6.07) is 4.10. The fourth-order valence-corrected chi connectivity index (χ4v) is 3.24. The van der Waals surface area contributed by atoms with Crippen molar-refractivity contribution in [3.8, 4) is 5.75 Å². The largest absolute Gasteiger partial charge is 0.494 e. The van der Waals surface area contributed by atoms with Gasteiger partial charge < -0.3 is 10.1 Å². The lowest BCUT2D eigenvalue weighted by Crippen LogP contribution is -2.12. The standard InChI is InChI=1S/C12H13Br2N3O/c1-18-12-10(13)2-8(3-11(12)14)4-15-5-9-6-16-17-7-9/h2-3,6-7,15H,4-5H2,1H3,(H,16,17). The van der Waals surface area contributed by atoms with Crippen molar-refractivity contribution in [1.82, 2.24) is 15.5 Å². The van der Waals surface area contributed by atoms with Gasteiger partial charge in [0.1, 0.15) is 5.75 Å². The van der Waals surface area contributed by atoms with E-state index in [4.69, 9.17) is 4.74 Å². The minimum atomic E-state index is 0.784. The molecule has 2 aromatic rings. The number of methoxy groups -OCH3 is 1. The lowest BCUT2D eigenvalue weighted by Gasteiger charge is -2.09. The van der Waals surface area contributed by atoms with Crippen molar-refractivity contribution in [2.24, 2.45) is 0 Å². The van der Waals surface area contributed by atoms with Gasteiger partial charge in [0, 0.05) is 24.8 Å². The zero-order valence-electron chi connectivity index (χ0n) is 9.84. The van der Waals surface area contributed by atoms with Crippen LogP contribution in [0.2, 0.25) is 0 Å². The number of aromatic amines is 1. The summed E-state index contributed by atoms with van der Waals surface area (Å²) < 4.78 is 7.16. The second kappa shape index (κ2) is 6.36. The molecule has 0 bridgehead atoms. The van der Waals surface area contributed by atoms with Crippen LogP contribution in [-0.2, 0) is 13.1 Å². The van der Waals surface area contributed by atoms with Crippen LogP contribution in [0, 0.1) is 0 Å². The Balaban J connectivity index is 1.97. The maximum absolute atomic E-state index is 5.27. The lowest BCUT2D eigenvalue weighted by molar-refractivity contribution is 0.409. The van der Waals surface area contributed by atoms with Crippen molar-refractivity contribution >= 4 is 31.9 Å². The maximum Gasteiger partial charge on any atom is 0.147 e. The van der Waals surface area contributed by atoms with Gasteiger partial charge in [-0.05, 0) is 49.6 Å². The Morgan fingerprint density at radius 1 is 1.22 bits per heavy atom. The van der Waals surface area contributed by atoms with Crippen LogP contribution in [0.5, 0.6) is 5.75 Å². The fourth-order valence-electron chi connectivity index (χ4n) is 1.63. The summed E-state index contributed by atoms with van der Waals surface area (Å²) in [5, 5.41) is 10.0. The van der Waals surface area contributed by atoms with Crippen LogP contribution in [0.15, 0.2) is 33.5 Å². The number of hydrogen-bond donors (Lipinski definition) is 2. The highest BCUT2D eigenvalue weighted by Gasteiger charge is 2.07. The van der Waals surface area contributed by atoms with Crippen molar-refractivity contribution in [1.29, 1.82) is 0 Å². The molecule has 1 aromatic carbocycles. The van der Waals surface area contributed by atoms with Crippen molar-refractivity contribution in [2.45, 2.75) is 13.1 Å². The van der Waals surface area contributed by atoms with Gasteiger partial charge in [0.05, 0.1) is 22.3 Å². The zero-order chi connectivity index (χ0) is 13.0. The molecule has 0 saturated carbocycles. The molecule has 2 N–H and O–H groups in total. The van der Waals surface area contributed by atoms with E-state index in [0.29, 0.717) is 0 Å². The number of benzene rings is 1. The highest BCUT2D eigenvalue weighted by Crippen LogP contribution is 2.34.